The molecule has 0 radical (unpaired) electrons. The minimum atomic E-state index is -1.75. The van der Waals surface area contributed by atoms with Crippen molar-refractivity contribution in [1.82, 2.24) is 19.9 Å². The van der Waals surface area contributed by atoms with Crippen LogP contribution < -0.4 is 0 Å². The molecule has 0 fully saturated rings. The molecule has 0 amide bonds. The number of benzene rings is 2. The first-order valence-electron chi connectivity index (χ1n) is 11.3. The first-order chi connectivity index (χ1) is 17.2. The summed E-state index contributed by atoms with van der Waals surface area (Å²) in [4.78, 5) is 26.6. The Hall–Kier alpha value is -4.20. The minimum Gasteiger partial charge on any atom is -0.356 e. The molecule has 0 aliphatic carbocycles. The summed E-state index contributed by atoms with van der Waals surface area (Å²) in [5.74, 6) is 0. The molecule has 0 saturated heterocycles. The van der Waals surface area contributed by atoms with E-state index < -0.39 is 5.09 Å². The standard InChI is InChI=1S/2C14H12N2.Cu.NO3/c2*1-9-3-5-11-7-8-12-6-4-10(2)16-14(12)13(11)15-9;;2-1(3)4/h2*3-8H,1-2H3;;/q;;+1;-1. The molecular weight excluding hydrogens is 518 g/mol. The van der Waals surface area contributed by atoms with Crippen molar-refractivity contribution in [3.63, 3.8) is 0 Å². The van der Waals surface area contributed by atoms with E-state index in [0.29, 0.717) is 0 Å². The van der Waals surface area contributed by atoms with Gasteiger partial charge < -0.3 is 15.3 Å². The first-order valence-corrected chi connectivity index (χ1v) is 11.3. The first kappa shape index (κ1) is 27.4. The van der Waals surface area contributed by atoms with Gasteiger partial charge in [0.1, 0.15) is 0 Å². The van der Waals surface area contributed by atoms with Crippen molar-refractivity contribution in [1.29, 1.82) is 0 Å². The molecule has 0 atom stereocenters. The molecule has 0 N–H and O–H groups in total. The predicted octanol–water partition coefficient (Wildman–Crippen LogP) is 6.56. The van der Waals surface area contributed by atoms with Crippen LogP contribution in [0.5, 0.6) is 0 Å². The fourth-order valence-corrected chi connectivity index (χ4v) is 3.93. The third kappa shape index (κ3) is 6.52. The molecule has 37 heavy (non-hydrogen) atoms. The number of aryl methyl sites for hydroxylation is 4. The molecule has 4 heterocycles. The zero-order valence-corrected chi connectivity index (χ0v) is 21.6. The van der Waals surface area contributed by atoms with E-state index in [2.05, 4.69) is 68.5 Å². The fourth-order valence-electron chi connectivity index (χ4n) is 3.93. The smallest absolute Gasteiger partial charge is 0.356 e. The van der Waals surface area contributed by atoms with E-state index in [9.17, 15) is 0 Å². The van der Waals surface area contributed by atoms with E-state index in [1.807, 2.05) is 52.0 Å². The van der Waals surface area contributed by atoms with Gasteiger partial charge in [-0.1, -0.05) is 48.5 Å². The van der Waals surface area contributed by atoms with E-state index >= 15 is 0 Å². The summed E-state index contributed by atoms with van der Waals surface area (Å²) in [6.07, 6.45) is 0. The van der Waals surface area contributed by atoms with Crippen LogP contribution in [0.15, 0.2) is 72.8 Å². The van der Waals surface area contributed by atoms with E-state index in [1.54, 1.807) is 0 Å². The van der Waals surface area contributed by atoms with Gasteiger partial charge in [-0.05, 0) is 52.0 Å². The molecule has 0 saturated carbocycles. The maximum Gasteiger partial charge on any atom is 1.00 e. The third-order valence-corrected chi connectivity index (χ3v) is 5.60. The second kappa shape index (κ2) is 11.7. The van der Waals surface area contributed by atoms with Crippen LogP contribution in [-0.4, -0.2) is 25.0 Å². The van der Waals surface area contributed by atoms with E-state index in [4.69, 9.17) is 15.3 Å². The topological polar surface area (TPSA) is 118 Å². The summed E-state index contributed by atoms with van der Waals surface area (Å²) in [6.45, 7) is 8.03. The van der Waals surface area contributed by atoms with Crippen molar-refractivity contribution in [2.24, 2.45) is 0 Å². The Morgan fingerprint density at radius 2 is 0.622 bits per heavy atom. The molecule has 0 spiro atoms. The Kier molecular flexibility index (Phi) is 8.65. The van der Waals surface area contributed by atoms with Crippen molar-refractivity contribution in [3.05, 3.63) is 111 Å². The Balaban J connectivity index is 0.000000176. The summed E-state index contributed by atoms with van der Waals surface area (Å²) >= 11 is 0. The number of aromatic nitrogens is 4. The van der Waals surface area contributed by atoms with Gasteiger partial charge in [-0.3, -0.25) is 19.9 Å². The molecule has 6 rings (SSSR count). The van der Waals surface area contributed by atoms with Crippen LogP contribution in [-0.2, 0) is 17.1 Å². The largest absolute Gasteiger partial charge is 1.00 e. The van der Waals surface area contributed by atoms with Crippen molar-refractivity contribution < 1.29 is 22.2 Å². The van der Waals surface area contributed by atoms with Crippen molar-refractivity contribution in [3.8, 4) is 0 Å². The summed E-state index contributed by atoms with van der Waals surface area (Å²) in [5, 5.41) is 19.3. The molecule has 6 aromatic rings. The number of hydrogen-bond acceptors (Lipinski definition) is 7. The molecule has 2 aromatic carbocycles. The molecule has 4 aromatic heterocycles. The Morgan fingerprint density at radius 1 is 0.459 bits per heavy atom. The van der Waals surface area contributed by atoms with Crippen molar-refractivity contribution in [2.75, 3.05) is 0 Å². The average Bonchev–Trinajstić information content (AvgIpc) is 2.84. The summed E-state index contributed by atoms with van der Waals surface area (Å²) in [5.41, 5.74) is 8.13. The minimum absolute atomic E-state index is 0. The summed E-state index contributed by atoms with van der Waals surface area (Å²) in [7, 11) is 0. The summed E-state index contributed by atoms with van der Waals surface area (Å²) < 4.78 is 0. The van der Waals surface area contributed by atoms with Crippen LogP contribution in [0.25, 0.3) is 43.6 Å². The Morgan fingerprint density at radius 3 is 0.811 bits per heavy atom. The predicted molar refractivity (Wildman–Crippen MR) is 143 cm³/mol. The fraction of sp³-hybridized carbons (Fsp3) is 0.143. The maximum atomic E-state index is 8.25. The van der Waals surface area contributed by atoms with Gasteiger partial charge in [0.05, 0.1) is 27.2 Å². The Labute approximate surface area is 224 Å². The van der Waals surface area contributed by atoms with Crippen LogP contribution in [0.4, 0.5) is 0 Å². The van der Waals surface area contributed by atoms with Crippen molar-refractivity contribution >= 4 is 43.6 Å². The molecular formula is C28H24CuN5O3. The number of hydrogen-bond donors (Lipinski definition) is 0. The SMILES string of the molecule is Cc1ccc2ccc3ccc(C)nc3c2n1.Cc1ccc2ccc3ccc(C)nc3c2n1.O=[N+]([O-])[O-].[Cu+]. The summed E-state index contributed by atoms with van der Waals surface area (Å²) in [6, 6.07) is 24.9. The molecule has 0 bridgehead atoms. The molecule has 8 nitrogen and oxygen atoms in total. The van der Waals surface area contributed by atoms with Gasteiger partial charge in [0.25, 0.3) is 0 Å². The van der Waals surface area contributed by atoms with Crippen LogP contribution in [0.2, 0.25) is 0 Å². The molecule has 9 heteroatoms. The van der Waals surface area contributed by atoms with Crippen LogP contribution in [0, 0.1) is 43.0 Å². The zero-order valence-electron chi connectivity index (χ0n) is 20.7. The van der Waals surface area contributed by atoms with Gasteiger partial charge in [-0.2, -0.15) is 0 Å². The monoisotopic (exact) mass is 541 g/mol. The van der Waals surface area contributed by atoms with Gasteiger partial charge in [-0.25, -0.2) is 0 Å². The maximum absolute atomic E-state index is 8.25. The molecule has 190 valence electrons. The zero-order chi connectivity index (χ0) is 25.8. The van der Waals surface area contributed by atoms with Gasteiger partial charge >= 0.3 is 17.1 Å². The number of fused-ring (bicyclic) bond motifs is 6. The van der Waals surface area contributed by atoms with Gasteiger partial charge in [0, 0.05) is 44.3 Å². The molecule has 0 unspecified atom stereocenters. The number of rotatable bonds is 0. The molecule has 0 aliphatic rings. The van der Waals surface area contributed by atoms with Crippen LogP contribution >= 0.6 is 0 Å². The second-order valence-electron chi connectivity index (χ2n) is 8.45. The van der Waals surface area contributed by atoms with Gasteiger partial charge in [-0.15, -0.1) is 0 Å². The van der Waals surface area contributed by atoms with E-state index in [0.717, 1.165) is 66.4 Å². The van der Waals surface area contributed by atoms with Gasteiger partial charge in [0.15, 0.2) is 0 Å². The number of pyridine rings is 4. The number of nitrogens with zero attached hydrogens (tertiary/aromatic N) is 5. The quantitative estimate of drug-likeness (QED) is 0.0924. The van der Waals surface area contributed by atoms with E-state index in [1.165, 1.54) is 0 Å². The average molecular weight is 542 g/mol. The van der Waals surface area contributed by atoms with E-state index in [-0.39, 0.29) is 17.1 Å². The van der Waals surface area contributed by atoms with Crippen molar-refractivity contribution in [2.45, 2.75) is 27.7 Å². The Bertz CT molecular complexity index is 1490. The van der Waals surface area contributed by atoms with Gasteiger partial charge in [0.2, 0.25) is 0 Å². The molecule has 0 aliphatic heterocycles. The van der Waals surface area contributed by atoms with Crippen LogP contribution in [0.3, 0.4) is 0 Å². The van der Waals surface area contributed by atoms with Crippen LogP contribution in [0.1, 0.15) is 22.8 Å². The third-order valence-electron chi connectivity index (χ3n) is 5.60. The normalized spacial score (nSPS) is 10.3. The second-order valence-corrected chi connectivity index (χ2v) is 8.45.